The van der Waals surface area contributed by atoms with Gasteiger partial charge < -0.3 is 10.1 Å². The van der Waals surface area contributed by atoms with Crippen molar-refractivity contribution < 1.29 is 35.9 Å². The third kappa shape index (κ3) is 5.81. The van der Waals surface area contributed by atoms with E-state index in [1.54, 1.807) is 0 Å². The Morgan fingerprint density at radius 1 is 1.15 bits per heavy atom. The molecular weight excluding hydrogens is 292 g/mol. The number of hydrogen-bond donors (Lipinski definition) is 1. The minimum atomic E-state index is -4.66. The summed E-state index contributed by atoms with van der Waals surface area (Å²) in [4.78, 5) is 10.9. The first-order valence-corrected chi connectivity index (χ1v) is 5.21. The molecule has 1 aromatic rings. The second kappa shape index (κ2) is 6.02. The molecule has 112 valence electrons. The van der Waals surface area contributed by atoms with Crippen LogP contribution in [0.1, 0.15) is 11.1 Å². The largest absolute Gasteiger partial charge is 0.440 e. The molecule has 0 atom stereocenters. The number of benzene rings is 1. The molecule has 1 aromatic carbocycles. The molecule has 9 heteroatoms. The van der Waals surface area contributed by atoms with Gasteiger partial charge in [-0.15, -0.1) is 0 Å². The summed E-state index contributed by atoms with van der Waals surface area (Å²) in [7, 11) is 0. The minimum Gasteiger partial charge on any atom is -0.440 e. The van der Waals surface area contributed by atoms with E-state index in [1.807, 2.05) is 5.32 Å². The zero-order chi connectivity index (χ0) is 15.4. The van der Waals surface area contributed by atoms with E-state index in [2.05, 4.69) is 4.74 Å². The monoisotopic (exact) mass is 301 g/mol. The lowest BCUT2D eigenvalue weighted by Gasteiger charge is -2.11. The molecule has 1 N–H and O–H groups in total. The number of hydrogen-bond acceptors (Lipinski definition) is 2. The van der Waals surface area contributed by atoms with Crippen molar-refractivity contribution in [2.45, 2.75) is 18.9 Å². The fourth-order valence-corrected chi connectivity index (χ4v) is 1.23. The second-order valence-electron chi connectivity index (χ2n) is 3.74. The standard InChI is InChI=1S/C11H9F6NO2/c12-10(13,14)6-20-9(19)18-5-7-2-1-3-8(4-7)11(15,16)17/h1-4H,5-6H2,(H,18,19). The van der Waals surface area contributed by atoms with E-state index in [1.165, 1.54) is 6.07 Å². The predicted molar refractivity (Wildman–Crippen MR) is 55.7 cm³/mol. The lowest BCUT2D eigenvalue weighted by atomic mass is 10.1. The molecule has 1 rings (SSSR count). The summed E-state index contributed by atoms with van der Waals surface area (Å²) in [6.45, 7) is -2.14. The highest BCUT2D eigenvalue weighted by Gasteiger charge is 2.31. The molecular formula is C11H9F6NO2. The number of carbonyl (C=O) groups is 1. The van der Waals surface area contributed by atoms with Gasteiger partial charge in [0.15, 0.2) is 6.61 Å². The van der Waals surface area contributed by atoms with E-state index in [4.69, 9.17) is 0 Å². The Morgan fingerprint density at radius 3 is 2.35 bits per heavy atom. The third-order valence-corrected chi connectivity index (χ3v) is 2.06. The zero-order valence-corrected chi connectivity index (χ0v) is 9.81. The molecule has 0 aliphatic carbocycles. The van der Waals surface area contributed by atoms with Crippen molar-refractivity contribution in [3.05, 3.63) is 35.4 Å². The van der Waals surface area contributed by atoms with Crippen LogP contribution in [0.5, 0.6) is 0 Å². The lowest BCUT2D eigenvalue weighted by molar-refractivity contribution is -0.160. The molecule has 0 bridgehead atoms. The van der Waals surface area contributed by atoms with Crippen LogP contribution in [0, 0.1) is 0 Å². The molecule has 0 heterocycles. The zero-order valence-electron chi connectivity index (χ0n) is 9.81. The fraction of sp³-hybridized carbons (Fsp3) is 0.364. The summed E-state index contributed by atoms with van der Waals surface area (Å²) in [5.74, 6) is 0. The SMILES string of the molecule is O=C(NCc1cccc(C(F)(F)F)c1)OCC(F)(F)F. The maximum absolute atomic E-state index is 12.4. The lowest BCUT2D eigenvalue weighted by Crippen LogP contribution is -2.28. The van der Waals surface area contributed by atoms with Crippen molar-refractivity contribution in [2.24, 2.45) is 0 Å². The van der Waals surface area contributed by atoms with E-state index in [0.717, 1.165) is 18.2 Å². The molecule has 0 aromatic heterocycles. The Morgan fingerprint density at radius 2 is 1.80 bits per heavy atom. The number of rotatable bonds is 3. The van der Waals surface area contributed by atoms with Crippen molar-refractivity contribution in [1.82, 2.24) is 5.32 Å². The number of ether oxygens (including phenoxy) is 1. The Bertz CT molecular complexity index is 469. The quantitative estimate of drug-likeness (QED) is 0.868. The number of nitrogens with one attached hydrogen (secondary N) is 1. The number of alkyl carbamates (subject to hydrolysis) is 1. The van der Waals surface area contributed by atoms with Crippen LogP contribution in [-0.4, -0.2) is 18.9 Å². The summed E-state index contributed by atoms with van der Waals surface area (Å²) >= 11 is 0. The first-order valence-electron chi connectivity index (χ1n) is 5.21. The number of alkyl halides is 6. The average Bonchev–Trinajstić information content (AvgIpc) is 2.32. The molecule has 0 unspecified atom stereocenters. The highest BCUT2D eigenvalue weighted by atomic mass is 19.4. The highest BCUT2D eigenvalue weighted by molar-refractivity contribution is 5.67. The Labute approximate surface area is 109 Å². The fourth-order valence-electron chi connectivity index (χ4n) is 1.23. The molecule has 0 saturated carbocycles. The summed E-state index contributed by atoms with van der Waals surface area (Å²) in [6, 6.07) is 4.04. The first-order chi connectivity index (χ1) is 9.08. The smallest absolute Gasteiger partial charge is 0.422 e. The van der Waals surface area contributed by atoms with Gasteiger partial charge >= 0.3 is 18.4 Å². The maximum Gasteiger partial charge on any atom is 0.422 e. The Balaban J connectivity index is 2.52. The Hall–Kier alpha value is -1.93. The van der Waals surface area contributed by atoms with Crippen LogP contribution in [0.25, 0.3) is 0 Å². The summed E-state index contributed by atoms with van der Waals surface area (Å²) < 4.78 is 76.2. The van der Waals surface area contributed by atoms with E-state index >= 15 is 0 Å². The van der Waals surface area contributed by atoms with Crippen LogP contribution in [0.15, 0.2) is 24.3 Å². The van der Waals surface area contributed by atoms with Gasteiger partial charge in [0.2, 0.25) is 0 Å². The normalized spacial score (nSPS) is 12.1. The molecule has 0 radical (unpaired) electrons. The summed E-state index contributed by atoms with van der Waals surface area (Å²) in [5.41, 5.74) is -0.829. The molecule has 20 heavy (non-hydrogen) atoms. The van der Waals surface area contributed by atoms with Crippen LogP contribution in [-0.2, 0) is 17.5 Å². The van der Waals surface area contributed by atoms with E-state index < -0.39 is 30.6 Å². The molecule has 0 aliphatic heterocycles. The first kappa shape index (κ1) is 16.1. The van der Waals surface area contributed by atoms with Gasteiger partial charge in [-0.25, -0.2) is 4.79 Å². The topological polar surface area (TPSA) is 38.3 Å². The van der Waals surface area contributed by atoms with Gasteiger partial charge in [-0.2, -0.15) is 26.3 Å². The van der Waals surface area contributed by atoms with Crippen LogP contribution in [0.3, 0.4) is 0 Å². The maximum atomic E-state index is 12.4. The van der Waals surface area contributed by atoms with Gasteiger partial charge in [-0.3, -0.25) is 0 Å². The minimum absolute atomic E-state index is 0.0868. The summed E-state index contributed by atoms with van der Waals surface area (Å²) in [6.07, 6.45) is -10.6. The number of amides is 1. The van der Waals surface area contributed by atoms with Gasteiger partial charge in [-0.05, 0) is 17.7 Å². The highest BCUT2D eigenvalue weighted by Crippen LogP contribution is 2.29. The van der Waals surface area contributed by atoms with Crippen LogP contribution >= 0.6 is 0 Å². The number of halogens is 6. The second-order valence-corrected chi connectivity index (χ2v) is 3.74. The van der Waals surface area contributed by atoms with Crippen LogP contribution < -0.4 is 5.32 Å². The van der Waals surface area contributed by atoms with E-state index in [9.17, 15) is 31.1 Å². The third-order valence-electron chi connectivity index (χ3n) is 2.06. The molecule has 0 aliphatic rings. The van der Waals surface area contributed by atoms with Gasteiger partial charge in [-0.1, -0.05) is 12.1 Å². The van der Waals surface area contributed by atoms with Gasteiger partial charge in [0, 0.05) is 6.54 Å². The van der Waals surface area contributed by atoms with Crippen molar-refractivity contribution in [1.29, 1.82) is 0 Å². The number of carbonyl (C=O) groups excluding carboxylic acids is 1. The molecule has 3 nitrogen and oxygen atoms in total. The van der Waals surface area contributed by atoms with E-state index in [0.29, 0.717) is 0 Å². The summed E-state index contributed by atoms with van der Waals surface area (Å²) in [5, 5.41) is 1.92. The van der Waals surface area contributed by atoms with Crippen molar-refractivity contribution in [3.8, 4) is 0 Å². The van der Waals surface area contributed by atoms with Gasteiger partial charge in [0.05, 0.1) is 5.56 Å². The van der Waals surface area contributed by atoms with Crippen molar-refractivity contribution in [2.75, 3.05) is 6.61 Å². The molecule has 0 saturated heterocycles. The van der Waals surface area contributed by atoms with Gasteiger partial charge in [0.25, 0.3) is 0 Å². The molecule has 0 fully saturated rings. The van der Waals surface area contributed by atoms with Crippen molar-refractivity contribution in [3.63, 3.8) is 0 Å². The van der Waals surface area contributed by atoms with Crippen LogP contribution in [0.2, 0.25) is 0 Å². The average molecular weight is 301 g/mol. The van der Waals surface area contributed by atoms with E-state index in [-0.39, 0.29) is 12.1 Å². The van der Waals surface area contributed by atoms with Gasteiger partial charge in [0.1, 0.15) is 0 Å². The predicted octanol–water partition coefficient (Wildman–Crippen LogP) is 3.49. The molecule has 1 amide bonds. The Kier molecular flexibility index (Phi) is 4.85. The van der Waals surface area contributed by atoms with Crippen LogP contribution in [0.4, 0.5) is 31.1 Å². The molecule has 0 spiro atoms. The van der Waals surface area contributed by atoms with Crippen molar-refractivity contribution >= 4 is 6.09 Å².